The Kier molecular flexibility index (Phi) is 4.09. The molecule has 25 heavy (non-hydrogen) atoms. The zero-order valence-corrected chi connectivity index (χ0v) is 14.5. The molecule has 0 radical (unpaired) electrons. The highest BCUT2D eigenvalue weighted by Gasteiger charge is 2.45. The molecule has 0 aliphatic carbocycles. The van der Waals surface area contributed by atoms with Crippen LogP contribution in [0.2, 0.25) is 0 Å². The monoisotopic (exact) mass is 357 g/mol. The molecule has 2 aliphatic rings. The first-order valence-electron chi connectivity index (χ1n) is 8.32. The fourth-order valence-corrected chi connectivity index (χ4v) is 5.44. The van der Waals surface area contributed by atoms with Gasteiger partial charge < -0.3 is 9.64 Å². The number of rotatable bonds is 2. The van der Waals surface area contributed by atoms with Crippen LogP contribution in [0.15, 0.2) is 54.6 Å². The molecule has 0 saturated carbocycles. The molecule has 2 saturated heterocycles. The smallest absolute Gasteiger partial charge is 0.254 e. The first-order valence-corrected chi connectivity index (χ1v) is 10.1. The third kappa shape index (κ3) is 3.19. The van der Waals surface area contributed by atoms with Crippen molar-refractivity contribution in [3.05, 3.63) is 60.2 Å². The van der Waals surface area contributed by atoms with Crippen LogP contribution in [0, 0.1) is 0 Å². The van der Waals surface area contributed by atoms with Crippen LogP contribution >= 0.6 is 0 Å². The minimum atomic E-state index is -3.14. The van der Waals surface area contributed by atoms with Gasteiger partial charge in [0.05, 0.1) is 30.3 Å². The summed E-state index contributed by atoms with van der Waals surface area (Å²) >= 11 is 0. The number of hydrogen-bond acceptors (Lipinski definition) is 4. The summed E-state index contributed by atoms with van der Waals surface area (Å²) in [6, 6.07) is 17.0. The van der Waals surface area contributed by atoms with Gasteiger partial charge >= 0.3 is 0 Å². The molecule has 1 amide bonds. The molecule has 4 rings (SSSR count). The third-order valence-corrected chi connectivity index (χ3v) is 6.52. The maximum absolute atomic E-state index is 12.9. The van der Waals surface area contributed by atoms with Crippen molar-refractivity contribution in [1.82, 2.24) is 4.90 Å². The standard InChI is InChI=1S/C19H19NO4S/c21-19(20-10-11-24-18-13-25(22,23)12-17(18)20)16-8-6-15(7-9-16)14-4-2-1-3-5-14/h1-9,17-18H,10-13H2. The van der Waals surface area contributed by atoms with Crippen molar-refractivity contribution in [3.63, 3.8) is 0 Å². The molecular formula is C19H19NO4S. The predicted molar refractivity (Wildman–Crippen MR) is 95.1 cm³/mol. The number of carbonyl (C=O) groups is 1. The average Bonchev–Trinajstić information content (AvgIpc) is 2.96. The Bertz CT molecular complexity index is 877. The summed E-state index contributed by atoms with van der Waals surface area (Å²) < 4.78 is 29.3. The van der Waals surface area contributed by atoms with Crippen LogP contribution in [0.4, 0.5) is 0 Å². The lowest BCUT2D eigenvalue weighted by Crippen LogP contribution is -2.53. The molecule has 0 bridgehead atoms. The summed E-state index contributed by atoms with van der Waals surface area (Å²) in [5, 5.41) is 0. The van der Waals surface area contributed by atoms with Crippen molar-refractivity contribution in [1.29, 1.82) is 0 Å². The number of ether oxygens (including phenoxy) is 1. The van der Waals surface area contributed by atoms with E-state index in [0.29, 0.717) is 18.7 Å². The zero-order valence-electron chi connectivity index (χ0n) is 13.7. The first-order chi connectivity index (χ1) is 12.0. The Morgan fingerprint density at radius 2 is 1.64 bits per heavy atom. The quantitative estimate of drug-likeness (QED) is 0.825. The Morgan fingerprint density at radius 1 is 0.960 bits per heavy atom. The van der Waals surface area contributed by atoms with E-state index < -0.39 is 15.9 Å². The van der Waals surface area contributed by atoms with Crippen LogP contribution in [-0.4, -0.2) is 56.0 Å². The number of amides is 1. The van der Waals surface area contributed by atoms with Gasteiger partial charge in [-0.2, -0.15) is 0 Å². The summed E-state index contributed by atoms with van der Waals surface area (Å²) in [6.07, 6.45) is -0.397. The minimum Gasteiger partial charge on any atom is -0.373 e. The van der Waals surface area contributed by atoms with E-state index in [4.69, 9.17) is 4.74 Å². The lowest BCUT2D eigenvalue weighted by molar-refractivity contribution is -0.0361. The number of morpholine rings is 1. The van der Waals surface area contributed by atoms with Crippen molar-refractivity contribution < 1.29 is 17.9 Å². The number of sulfone groups is 1. The molecule has 2 aromatic rings. The van der Waals surface area contributed by atoms with Gasteiger partial charge in [-0.25, -0.2) is 8.42 Å². The summed E-state index contributed by atoms with van der Waals surface area (Å²) in [5.74, 6) is -0.130. The Balaban J connectivity index is 1.56. The summed E-state index contributed by atoms with van der Waals surface area (Å²) in [5.41, 5.74) is 2.71. The molecule has 5 nitrogen and oxygen atoms in total. The van der Waals surface area contributed by atoms with Crippen LogP contribution in [0.1, 0.15) is 10.4 Å². The SMILES string of the molecule is O=C(c1ccc(-c2ccccc2)cc1)N1CCOC2CS(=O)(=O)CC21. The highest BCUT2D eigenvalue weighted by Crippen LogP contribution is 2.27. The van der Waals surface area contributed by atoms with E-state index in [9.17, 15) is 13.2 Å². The van der Waals surface area contributed by atoms with E-state index in [1.54, 1.807) is 17.0 Å². The molecule has 0 N–H and O–H groups in total. The lowest BCUT2D eigenvalue weighted by Gasteiger charge is -2.36. The molecule has 0 aromatic heterocycles. The molecule has 2 atom stereocenters. The Hall–Kier alpha value is -2.18. The fourth-order valence-electron chi connectivity index (χ4n) is 3.57. The van der Waals surface area contributed by atoms with Crippen molar-refractivity contribution in [2.24, 2.45) is 0 Å². The second kappa shape index (κ2) is 6.28. The number of carbonyl (C=O) groups excluding carboxylic acids is 1. The maximum atomic E-state index is 12.9. The molecule has 2 aliphatic heterocycles. The van der Waals surface area contributed by atoms with Gasteiger partial charge in [0.25, 0.3) is 5.91 Å². The van der Waals surface area contributed by atoms with Crippen molar-refractivity contribution >= 4 is 15.7 Å². The molecule has 6 heteroatoms. The normalized spacial score (nSPS) is 24.7. The van der Waals surface area contributed by atoms with Gasteiger partial charge in [0.15, 0.2) is 9.84 Å². The van der Waals surface area contributed by atoms with Gasteiger partial charge in [-0.1, -0.05) is 42.5 Å². The number of fused-ring (bicyclic) bond motifs is 1. The van der Waals surface area contributed by atoms with E-state index in [2.05, 4.69) is 0 Å². The topological polar surface area (TPSA) is 63.7 Å². The summed E-state index contributed by atoms with van der Waals surface area (Å²) in [4.78, 5) is 14.5. The maximum Gasteiger partial charge on any atom is 0.254 e. The van der Waals surface area contributed by atoms with Crippen LogP contribution in [-0.2, 0) is 14.6 Å². The van der Waals surface area contributed by atoms with Gasteiger partial charge in [-0.05, 0) is 23.3 Å². The van der Waals surface area contributed by atoms with E-state index in [-0.39, 0.29) is 23.5 Å². The minimum absolute atomic E-state index is 0.00833. The molecule has 0 spiro atoms. The fraction of sp³-hybridized carbons (Fsp3) is 0.316. The molecule has 130 valence electrons. The molecular weight excluding hydrogens is 338 g/mol. The number of benzene rings is 2. The lowest BCUT2D eigenvalue weighted by atomic mass is 10.0. The first kappa shape index (κ1) is 16.3. The van der Waals surface area contributed by atoms with Crippen LogP contribution in [0.3, 0.4) is 0 Å². The second-order valence-corrected chi connectivity index (χ2v) is 8.65. The zero-order chi connectivity index (χ0) is 17.4. The summed E-state index contributed by atoms with van der Waals surface area (Å²) in [7, 11) is -3.14. The Labute approximate surface area is 147 Å². The van der Waals surface area contributed by atoms with E-state index in [1.165, 1.54) is 0 Å². The predicted octanol–water partition coefficient (Wildman–Crippen LogP) is 1.99. The van der Waals surface area contributed by atoms with Crippen LogP contribution in [0.5, 0.6) is 0 Å². The van der Waals surface area contributed by atoms with Crippen molar-refractivity contribution in [3.8, 4) is 11.1 Å². The highest BCUT2D eigenvalue weighted by molar-refractivity contribution is 7.91. The van der Waals surface area contributed by atoms with Gasteiger partial charge in [0.1, 0.15) is 0 Å². The van der Waals surface area contributed by atoms with Crippen molar-refractivity contribution in [2.45, 2.75) is 12.1 Å². The van der Waals surface area contributed by atoms with Gasteiger partial charge in [0.2, 0.25) is 0 Å². The van der Waals surface area contributed by atoms with E-state index in [1.807, 2.05) is 42.5 Å². The van der Waals surface area contributed by atoms with Gasteiger partial charge in [-0.3, -0.25) is 4.79 Å². The highest BCUT2D eigenvalue weighted by atomic mass is 32.2. The van der Waals surface area contributed by atoms with Gasteiger partial charge in [0, 0.05) is 12.1 Å². The van der Waals surface area contributed by atoms with Crippen molar-refractivity contribution in [2.75, 3.05) is 24.7 Å². The van der Waals surface area contributed by atoms with Gasteiger partial charge in [-0.15, -0.1) is 0 Å². The van der Waals surface area contributed by atoms with Crippen LogP contribution in [0.25, 0.3) is 11.1 Å². The Morgan fingerprint density at radius 3 is 2.36 bits per heavy atom. The third-order valence-electron chi connectivity index (χ3n) is 4.84. The average molecular weight is 357 g/mol. The number of hydrogen-bond donors (Lipinski definition) is 0. The molecule has 2 unspecified atom stereocenters. The van der Waals surface area contributed by atoms with E-state index in [0.717, 1.165) is 11.1 Å². The molecule has 2 fully saturated rings. The molecule has 2 heterocycles. The molecule has 2 aromatic carbocycles. The number of nitrogens with zero attached hydrogens (tertiary/aromatic N) is 1. The largest absolute Gasteiger partial charge is 0.373 e. The second-order valence-electron chi connectivity index (χ2n) is 6.50. The van der Waals surface area contributed by atoms with Crippen LogP contribution < -0.4 is 0 Å². The summed E-state index contributed by atoms with van der Waals surface area (Å²) in [6.45, 7) is 0.806. The van der Waals surface area contributed by atoms with E-state index >= 15 is 0 Å².